The van der Waals surface area contributed by atoms with Gasteiger partial charge in [-0.3, -0.25) is 5.41 Å². The Morgan fingerprint density at radius 1 is 1.59 bits per heavy atom. The fraction of sp³-hybridized carbons (Fsp3) is 0.417. The third-order valence-corrected chi connectivity index (χ3v) is 3.46. The monoisotopic (exact) mass is 253 g/mol. The van der Waals surface area contributed by atoms with Gasteiger partial charge in [-0.25, -0.2) is 0 Å². The Hall–Kier alpha value is -1.26. The van der Waals surface area contributed by atoms with Crippen LogP contribution in [0.1, 0.15) is 12.0 Å². The molecule has 5 heteroatoms. The highest BCUT2D eigenvalue weighted by Crippen LogP contribution is 2.30. The number of nitrogen functional groups attached to an aromatic ring is 1. The second kappa shape index (κ2) is 4.94. The number of amidine groups is 1. The average Bonchev–Trinajstić information content (AvgIpc) is 2.76. The van der Waals surface area contributed by atoms with Crippen LogP contribution in [0, 0.1) is 11.3 Å². The summed E-state index contributed by atoms with van der Waals surface area (Å²) < 4.78 is 0. The van der Waals surface area contributed by atoms with Crippen LogP contribution < -0.4 is 10.6 Å². The van der Waals surface area contributed by atoms with Crippen LogP contribution in [0.3, 0.4) is 0 Å². The summed E-state index contributed by atoms with van der Waals surface area (Å²) in [5.41, 5.74) is 7.05. The predicted molar refractivity (Wildman–Crippen MR) is 69.9 cm³/mol. The number of aliphatic hydroxyl groups is 1. The molecule has 0 bridgehead atoms. The highest BCUT2D eigenvalue weighted by molar-refractivity contribution is 6.34. The number of nitrogens with zero attached hydrogens (tertiary/aromatic N) is 1. The Morgan fingerprint density at radius 2 is 2.35 bits per heavy atom. The Balaban J connectivity index is 2.33. The second-order valence-electron chi connectivity index (χ2n) is 4.33. The lowest BCUT2D eigenvalue weighted by Crippen LogP contribution is -2.25. The number of hydrogen-bond donors (Lipinski definition) is 3. The number of nitrogens with one attached hydrogen (secondary N) is 1. The molecule has 0 amide bonds. The van der Waals surface area contributed by atoms with E-state index in [1.54, 1.807) is 6.07 Å². The van der Waals surface area contributed by atoms with Gasteiger partial charge >= 0.3 is 0 Å². The predicted octanol–water partition coefficient (Wildman–Crippen LogP) is 1.44. The number of anilines is 1. The van der Waals surface area contributed by atoms with Gasteiger partial charge in [0.05, 0.1) is 10.6 Å². The van der Waals surface area contributed by atoms with Crippen LogP contribution in [0.25, 0.3) is 0 Å². The van der Waals surface area contributed by atoms with Gasteiger partial charge in [0.1, 0.15) is 5.84 Å². The van der Waals surface area contributed by atoms with Gasteiger partial charge < -0.3 is 15.7 Å². The fourth-order valence-electron chi connectivity index (χ4n) is 2.24. The number of benzene rings is 1. The maximum atomic E-state index is 9.14. The van der Waals surface area contributed by atoms with E-state index in [4.69, 9.17) is 27.9 Å². The van der Waals surface area contributed by atoms with Crippen LogP contribution in [-0.2, 0) is 0 Å². The van der Waals surface area contributed by atoms with Crippen LogP contribution in [0.4, 0.5) is 5.69 Å². The summed E-state index contributed by atoms with van der Waals surface area (Å²) in [7, 11) is 0. The van der Waals surface area contributed by atoms with Crippen LogP contribution in [0.2, 0.25) is 5.02 Å². The van der Waals surface area contributed by atoms with Crippen molar-refractivity contribution < 1.29 is 5.11 Å². The van der Waals surface area contributed by atoms with Crippen molar-refractivity contribution in [2.75, 3.05) is 24.6 Å². The lowest BCUT2D eigenvalue weighted by atomic mass is 10.1. The number of halogens is 1. The summed E-state index contributed by atoms with van der Waals surface area (Å²) in [6, 6.07) is 5.51. The number of aliphatic hydroxyl groups excluding tert-OH is 1. The highest BCUT2D eigenvalue weighted by Gasteiger charge is 2.24. The maximum Gasteiger partial charge on any atom is 0.126 e. The number of nitrogens with two attached hydrogens (primary N) is 1. The van der Waals surface area contributed by atoms with E-state index in [0.29, 0.717) is 16.5 Å². The van der Waals surface area contributed by atoms with Crippen molar-refractivity contribution in [3.05, 3.63) is 28.8 Å². The van der Waals surface area contributed by atoms with Crippen LogP contribution in [-0.4, -0.2) is 30.6 Å². The maximum absolute atomic E-state index is 9.14. The number of hydrogen-bond acceptors (Lipinski definition) is 3. The van der Waals surface area contributed by atoms with E-state index in [9.17, 15) is 0 Å². The molecule has 1 saturated heterocycles. The van der Waals surface area contributed by atoms with Gasteiger partial charge in [-0.2, -0.15) is 0 Å². The zero-order chi connectivity index (χ0) is 12.4. The quantitative estimate of drug-likeness (QED) is 0.564. The van der Waals surface area contributed by atoms with E-state index >= 15 is 0 Å². The molecular weight excluding hydrogens is 238 g/mol. The molecule has 17 heavy (non-hydrogen) atoms. The molecule has 0 radical (unpaired) electrons. The SMILES string of the molecule is N=C(N)c1c(Cl)cccc1N1CCC(CO)C1. The minimum atomic E-state index is -0.0157. The fourth-order valence-corrected chi connectivity index (χ4v) is 2.51. The van der Waals surface area contributed by atoms with Crippen LogP contribution >= 0.6 is 11.6 Å². The van der Waals surface area contributed by atoms with Crippen molar-refractivity contribution >= 4 is 23.1 Å². The Labute approximate surface area is 105 Å². The molecule has 1 aromatic rings. The van der Waals surface area contributed by atoms with E-state index < -0.39 is 0 Å². The normalized spacial score (nSPS) is 19.6. The molecule has 0 spiro atoms. The molecule has 92 valence electrons. The molecule has 1 heterocycles. The third-order valence-electron chi connectivity index (χ3n) is 3.15. The summed E-state index contributed by atoms with van der Waals surface area (Å²) in [5, 5.41) is 17.2. The van der Waals surface area contributed by atoms with Crippen molar-refractivity contribution in [3.63, 3.8) is 0 Å². The van der Waals surface area contributed by atoms with Gasteiger partial charge in [-0.1, -0.05) is 17.7 Å². The standard InChI is InChI=1S/C12H16ClN3O/c13-9-2-1-3-10(11(9)12(14)15)16-5-4-8(6-16)7-17/h1-3,8,17H,4-7H2,(H3,14,15). The first-order valence-electron chi connectivity index (χ1n) is 5.62. The first-order chi connectivity index (χ1) is 8.13. The molecule has 0 aromatic heterocycles. The van der Waals surface area contributed by atoms with E-state index in [1.165, 1.54) is 0 Å². The van der Waals surface area contributed by atoms with Gasteiger partial charge in [0.15, 0.2) is 0 Å². The van der Waals surface area contributed by atoms with Gasteiger partial charge in [-0.15, -0.1) is 0 Å². The minimum absolute atomic E-state index is 0.0157. The van der Waals surface area contributed by atoms with Crippen molar-refractivity contribution in [2.45, 2.75) is 6.42 Å². The van der Waals surface area contributed by atoms with E-state index in [2.05, 4.69) is 4.90 Å². The van der Waals surface area contributed by atoms with Gasteiger partial charge in [0, 0.05) is 31.3 Å². The summed E-state index contributed by atoms with van der Waals surface area (Å²) >= 11 is 6.08. The number of rotatable bonds is 3. The molecular formula is C12H16ClN3O. The highest BCUT2D eigenvalue weighted by atomic mass is 35.5. The van der Waals surface area contributed by atoms with E-state index in [-0.39, 0.29) is 12.4 Å². The molecule has 1 atom stereocenters. The molecule has 4 N–H and O–H groups in total. The Bertz CT molecular complexity index is 436. The van der Waals surface area contributed by atoms with Crippen LogP contribution in [0.5, 0.6) is 0 Å². The molecule has 1 aliphatic heterocycles. The van der Waals surface area contributed by atoms with Crippen molar-refractivity contribution in [1.82, 2.24) is 0 Å². The molecule has 2 rings (SSSR count). The molecule has 0 saturated carbocycles. The second-order valence-corrected chi connectivity index (χ2v) is 4.74. The Kier molecular flexibility index (Phi) is 3.54. The first kappa shape index (κ1) is 12.2. The summed E-state index contributed by atoms with van der Waals surface area (Å²) in [6.07, 6.45) is 0.959. The van der Waals surface area contributed by atoms with Crippen LogP contribution in [0.15, 0.2) is 18.2 Å². The first-order valence-corrected chi connectivity index (χ1v) is 6.00. The smallest absolute Gasteiger partial charge is 0.126 e. The topological polar surface area (TPSA) is 73.3 Å². The molecule has 0 aliphatic carbocycles. The molecule has 1 aliphatic rings. The lowest BCUT2D eigenvalue weighted by Gasteiger charge is -2.22. The van der Waals surface area contributed by atoms with Crippen molar-refractivity contribution in [3.8, 4) is 0 Å². The van der Waals surface area contributed by atoms with Gasteiger partial charge in [0.25, 0.3) is 0 Å². The van der Waals surface area contributed by atoms with Gasteiger partial charge in [-0.05, 0) is 18.6 Å². The lowest BCUT2D eigenvalue weighted by molar-refractivity contribution is 0.238. The van der Waals surface area contributed by atoms with E-state index in [1.807, 2.05) is 12.1 Å². The largest absolute Gasteiger partial charge is 0.396 e. The third kappa shape index (κ3) is 2.37. The van der Waals surface area contributed by atoms with Crippen molar-refractivity contribution in [2.24, 2.45) is 11.7 Å². The van der Waals surface area contributed by atoms with Gasteiger partial charge in [0.2, 0.25) is 0 Å². The minimum Gasteiger partial charge on any atom is -0.396 e. The van der Waals surface area contributed by atoms with E-state index in [0.717, 1.165) is 25.2 Å². The van der Waals surface area contributed by atoms with Crippen molar-refractivity contribution in [1.29, 1.82) is 5.41 Å². The Morgan fingerprint density at radius 3 is 2.94 bits per heavy atom. The molecule has 1 fully saturated rings. The molecule has 1 unspecified atom stereocenters. The summed E-state index contributed by atoms with van der Waals surface area (Å²) in [5.74, 6) is 0.284. The molecule has 4 nitrogen and oxygen atoms in total. The zero-order valence-electron chi connectivity index (χ0n) is 9.49. The average molecular weight is 254 g/mol. The molecule has 1 aromatic carbocycles. The zero-order valence-corrected chi connectivity index (χ0v) is 10.2. The summed E-state index contributed by atoms with van der Waals surface area (Å²) in [4.78, 5) is 2.13. The summed E-state index contributed by atoms with van der Waals surface area (Å²) in [6.45, 7) is 1.86.